The van der Waals surface area contributed by atoms with Gasteiger partial charge in [-0.05, 0) is 43.5 Å². The number of aromatic nitrogens is 5. The van der Waals surface area contributed by atoms with Crippen LogP contribution in [0.4, 0.5) is 17.6 Å². The smallest absolute Gasteiger partial charge is 0.257 e. The Morgan fingerprint density at radius 1 is 1.00 bits per heavy atom. The number of carbonyl (C=O) groups is 1. The topological polar surface area (TPSA) is 68.8 Å². The van der Waals surface area contributed by atoms with Crippen LogP contribution in [-0.2, 0) is 13.5 Å². The SMILES string of the molecule is CCC1Cc2c(nn(C)c2-c2cc(F)c(F)c(F)c2)C(CC)N1C(=O)c1cccc(F)c1-n1nccn1. The molecule has 2 aromatic carbocycles. The largest absolute Gasteiger partial charge is 0.327 e. The zero-order chi connectivity index (χ0) is 26.4. The van der Waals surface area contributed by atoms with Crippen LogP contribution in [0.15, 0.2) is 42.7 Å². The van der Waals surface area contributed by atoms with Gasteiger partial charge in [-0.15, -0.1) is 4.80 Å². The maximum absolute atomic E-state index is 14.9. The zero-order valence-electron chi connectivity index (χ0n) is 20.4. The normalized spacial score (nSPS) is 17.2. The third-order valence-electron chi connectivity index (χ3n) is 6.85. The summed E-state index contributed by atoms with van der Waals surface area (Å²) in [6.45, 7) is 3.83. The van der Waals surface area contributed by atoms with E-state index in [0.717, 1.165) is 22.5 Å². The number of amides is 1. The summed E-state index contributed by atoms with van der Waals surface area (Å²) in [4.78, 5) is 16.8. The molecule has 37 heavy (non-hydrogen) atoms. The Hall–Kier alpha value is -4.02. The van der Waals surface area contributed by atoms with Crippen molar-refractivity contribution in [3.63, 3.8) is 0 Å². The van der Waals surface area contributed by atoms with Gasteiger partial charge >= 0.3 is 0 Å². The quantitative estimate of drug-likeness (QED) is 0.274. The number of nitrogens with zero attached hydrogens (tertiary/aromatic N) is 6. The first-order chi connectivity index (χ1) is 17.8. The van der Waals surface area contributed by atoms with Crippen molar-refractivity contribution in [2.24, 2.45) is 7.05 Å². The van der Waals surface area contributed by atoms with Crippen LogP contribution in [0.25, 0.3) is 16.9 Å². The van der Waals surface area contributed by atoms with Crippen LogP contribution in [0.5, 0.6) is 0 Å². The number of rotatable bonds is 5. The van der Waals surface area contributed by atoms with Gasteiger partial charge in [-0.25, -0.2) is 17.6 Å². The average molecular weight is 513 g/mol. The molecule has 0 radical (unpaired) electrons. The van der Waals surface area contributed by atoms with E-state index in [2.05, 4.69) is 15.3 Å². The number of para-hydroxylation sites is 1. The molecule has 2 atom stereocenters. The summed E-state index contributed by atoms with van der Waals surface area (Å²) >= 11 is 0. The Bertz CT molecular complexity index is 1460. The van der Waals surface area contributed by atoms with Crippen molar-refractivity contribution >= 4 is 5.91 Å². The molecule has 1 aliphatic heterocycles. The first-order valence-electron chi connectivity index (χ1n) is 11.9. The maximum Gasteiger partial charge on any atom is 0.257 e. The lowest BCUT2D eigenvalue weighted by Gasteiger charge is -2.41. The van der Waals surface area contributed by atoms with E-state index >= 15 is 0 Å². The molecule has 0 saturated carbocycles. The van der Waals surface area contributed by atoms with E-state index in [1.54, 1.807) is 11.9 Å². The highest BCUT2D eigenvalue weighted by Gasteiger charge is 2.41. The summed E-state index contributed by atoms with van der Waals surface area (Å²) in [6.07, 6.45) is 4.19. The fourth-order valence-corrected chi connectivity index (χ4v) is 5.23. The fourth-order valence-electron chi connectivity index (χ4n) is 5.23. The molecule has 0 N–H and O–H groups in total. The number of hydrogen-bond acceptors (Lipinski definition) is 4. The second-order valence-electron chi connectivity index (χ2n) is 8.95. The molecule has 0 saturated heterocycles. The predicted molar refractivity (Wildman–Crippen MR) is 127 cm³/mol. The number of aryl methyl sites for hydroxylation is 1. The molecule has 11 heteroatoms. The molecule has 0 bridgehead atoms. The van der Waals surface area contributed by atoms with Crippen LogP contribution in [0.3, 0.4) is 0 Å². The Labute approximate surface area is 210 Å². The van der Waals surface area contributed by atoms with E-state index in [-0.39, 0.29) is 22.9 Å². The van der Waals surface area contributed by atoms with Crippen LogP contribution in [0, 0.1) is 23.3 Å². The van der Waals surface area contributed by atoms with E-state index in [9.17, 15) is 22.4 Å². The molecule has 2 aromatic heterocycles. The first kappa shape index (κ1) is 24.7. The van der Waals surface area contributed by atoms with Gasteiger partial charge in [0.15, 0.2) is 23.3 Å². The number of halogens is 4. The summed E-state index contributed by atoms with van der Waals surface area (Å²) in [5.74, 6) is -5.15. The van der Waals surface area contributed by atoms with E-state index in [4.69, 9.17) is 0 Å². The lowest BCUT2D eigenvalue weighted by Crippen LogP contribution is -2.47. The van der Waals surface area contributed by atoms with Crippen molar-refractivity contribution in [1.29, 1.82) is 0 Å². The van der Waals surface area contributed by atoms with Crippen molar-refractivity contribution in [3.05, 3.63) is 82.8 Å². The number of hydrogen-bond donors (Lipinski definition) is 0. The summed E-state index contributed by atoms with van der Waals surface area (Å²) in [5.41, 5.74) is 2.00. The Morgan fingerprint density at radius 2 is 1.68 bits per heavy atom. The van der Waals surface area contributed by atoms with Gasteiger partial charge in [0.1, 0.15) is 5.69 Å². The van der Waals surface area contributed by atoms with E-state index in [1.807, 2.05) is 13.8 Å². The number of fused-ring (bicyclic) bond motifs is 1. The van der Waals surface area contributed by atoms with Gasteiger partial charge in [0, 0.05) is 24.2 Å². The maximum atomic E-state index is 14.9. The van der Waals surface area contributed by atoms with E-state index in [0.29, 0.717) is 30.7 Å². The fraction of sp³-hybridized carbons (Fsp3) is 0.308. The molecular formula is C26H24F4N6O. The summed E-state index contributed by atoms with van der Waals surface area (Å²) in [7, 11) is 1.64. The number of carbonyl (C=O) groups excluding carboxylic acids is 1. The molecule has 1 aliphatic rings. The second kappa shape index (κ2) is 9.45. The molecule has 2 unspecified atom stereocenters. The summed E-state index contributed by atoms with van der Waals surface area (Å²) in [5, 5.41) is 12.6. The zero-order valence-corrected chi connectivity index (χ0v) is 20.4. The van der Waals surface area contributed by atoms with Crippen molar-refractivity contribution < 1.29 is 22.4 Å². The van der Waals surface area contributed by atoms with Gasteiger partial charge in [-0.2, -0.15) is 15.3 Å². The molecule has 0 aliphatic carbocycles. The molecule has 7 nitrogen and oxygen atoms in total. The molecule has 1 amide bonds. The highest BCUT2D eigenvalue weighted by molar-refractivity contribution is 5.98. The van der Waals surface area contributed by atoms with Gasteiger partial charge in [0.25, 0.3) is 5.91 Å². The minimum atomic E-state index is -1.54. The van der Waals surface area contributed by atoms with E-state index < -0.39 is 35.2 Å². The van der Waals surface area contributed by atoms with Crippen LogP contribution >= 0.6 is 0 Å². The molecular weight excluding hydrogens is 488 g/mol. The van der Waals surface area contributed by atoms with Crippen LogP contribution < -0.4 is 0 Å². The van der Waals surface area contributed by atoms with Gasteiger partial charge < -0.3 is 4.90 Å². The van der Waals surface area contributed by atoms with Crippen molar-refractivity contribution in [2.75, 3.05) is 0 Å². The summed E-state index contributed by atoms with van der Waals surface area (Å²) in [6, 6.07) is 5.33. The van der Waals surface area contributed by atoms with Gasteiger partial charge in [0.2, 0.25) is 0 Å². The third kappa shape index (κ3) is 3.98. The summed E-state index contributed by atoms with van der Waals surface area (Å²) < 4.78 is 58.2. The third-order valence-corrected chi connectivity index (χ3v) is 6.85. The first-order valence-corrected chi connectivity index (χ1v) is 11.9. The highest BCUT2D eigenvalue weighted by Crippen LogP contribution is 2.42. The molecule has 192 valence electrons. The standard InChI is InChI=1S/C26H24F4N6O/c1-4-15-13-17-23(33-34(3)24(17)14-11-19(28)22(30)20(29)12-14)21(5-2)35(15)26(37)16-7-6-8-18(27)25(16)36-31-9-10-32-36/h6-12,15,21H,4-5,13H2,1-3H3. The number of benzene rings is 2. The Kier molecular flexibility index (Phi) is 6.30. The lowest BCUT2D eigenvalue weighted by atomic mass is 9.87. The molecule has 4 aromatic rings. The van der Waals surface area contributed by atoms with Gasteiger partial charge in [0.05, 0.1) is 35.4 Å². The highest BCUT2D eigenvalue weighted by atomic mass is 19.2. The Morgan fingerprint density at radius 3 is 2.30 bits per heavy atom. The van der Waals surface area contributed by atoms with Crippen molar-refractivity contribution in [2.45, 2.75) is 45.2 Å². The van der Waals surface area contributed by atoms with Crippen LogP contribution in [0.1, 0.15) is 54.3 Å². The van der Waals surface area contributed by atoms with Gasteiger partial charge in [-0.1, -0.05) is 19.9 Å². The minimum Gasteiger partial charge on any atom is -0.327 e. The van der Waals surface area contributed by atoms with E-state index in [1.165, 1.54) is 35.3 Å². The predicted octanol–water partition coefficient (Wildman–Crippen LogP) is 5.15. The van der Waals surface area contributed by atoms with Crippen molar-refractivity contribution in [1.82, 2.24) is 29.7 Å². The van der Waals surface area contributed by atoms with Crippen LogP contribution in [0.2, 0.25) is 0 Å². The molecule has 5 rings (SSSR count). The minimum absolute atomic E-state index is 0.0491. The lowest BCUT2D eigenvalue weighted by molar-refractivity contribution is 0.0512. The molecule has 0 fully saturated rings. The monoisotopic (exact) mass is 512 g/mol. The molecule has 3 heterocycles. The second-order valence-corrected chi connectivity index (χ2v) is 8.95. The Balaban J connectivity index is 1.63. The average Bonchev–Trinajstić information content (AvgIpc) is 3.52. The van der Waals surface area contributed by atoms with Gasteiger partial charge in [-0.3, -0.25) is 9.48 Å². The van der Waals surface area contributed by atoms with Crippen LogP contribution in [-0.4, -0.2) is 41.6 Å². The van der Waals surface area contributed by atoms with Crippen molar-refractivity contribution in [3.8, 4) is 16.9 Å². The molecule has 0 spiro atoms.